The van der Waals surface area contributed by atoms with Gasteiger partial charge < -0.3 is 10.6 Å². The summed E-state index contributed by atoms with van der Waals surface area (Å²) >= 11 is 0. The Balaban J connectivity index is 1.48. The molecule has 10 nitrogen and oxygen atoms in total. The number of rotatable bonds is 10. The molecule has 1 aliphatic carbocycles. The number of carbonyl (C=O) groups excluding carboxylic acids is 2. The minimum atomic E-state index is -0.497. The van der Waals surface area contributed by atoms with Gasteiger partial charge in [-0.05, 0) is 29.9 Å². The first-order valence-corrected chi connectivity index (χ1v) is 9.84. The first-order valence-electron chi connectivity index (χ1n) is 9.84. The van der Waals surface area contributed by atoms with Crippen molar-refractivity contribution in [3.63, 3.8) is 0 Å². The second-order valence-electron chi connectivity index (χ2n) is 7.52. The molecule has 1 aliphatic rings. The minimum Gasteiger partial charge on any atom is -0.354 e. The van der Waals surface area contributed by atoms with Crippen LogP contribution in [0.3, 0.4) is 0 Å². The van der Waals surface area contributed by atoms with Crippen LogP contribution in [-0.2, 0) is 22.4 Å². The van der Waals surface area contributed by atoms with Gasteiger partial charge in [-0.3, -0.25) is 29.8 Å². The Morgan fingerprint density at radius 2 is 1.29 bits per heavy atom. The predicted octanol–water partition coefficient (Wildman–Crippen LogP) is 2.30. The molecule has 2 aromatic carbocycles. The van der Waals surface area contributed by atoms with E-state index in [-0.39, 0.29) is 42.1 Å². The maximum absolute atomic E-state index is 12.4. The minimum absolute atomic E-state index is 0.0317. The quantitative estimate of drug-likeness (QED) is 0.440. The van der Waals surface area contributed by atoms with Crippen LogP contribution >= 0.6 is 0 Å². The first-order chi connectivity index (χ1) is 14.8. The van der Waals surface area contributed by atoms with Crippen molar-refractivity contribution in [1.82, 2.24) is 10.6 Å². The molecule has 162 valence electrons. The van der Waals surface area contributed by atoms with Crippen molar-refractivity contribution in [2.45, 2.75) is 31.7 Å². The summed E-state index contributed by atoms with van der Waals surface area (Å²) in [5, 5.41) is 27.2. The fraction of sp³-hybridized carbons (Fsp3) is 0.333. The molecule has 2 aromatic rings. The van der Waals surface area contributed by atoms with Crippen LogP contribution in [0.1, 0.15) is 24.0 Å². The first kappa shape index (κ1) is 21.9. The van der Waals surface area contributed by atoms with Crippen molar-refractivity contribution in [2.24, 2.45) is 5.92 Å². The molecule has 1 unspecified atom stereocenters. The third-order valence-electron chi connectivity index (χ3n) is 5.08. The molecule has 1 atom stereocenters. The molecule has 10 heteroatoms. The summed E-state index contributed by atoms with van der Waals surface area (Å²) in [5.74, 6) is -0.139. The highest BCUT2D eigenvalue weighted by molar-refractivity contribution is 5.80. The highest BCUT2D eigenvalue weighted by Gasteiger charge is 2.32. The Hall–Kier alpha value is -3.82. The van der Waals surface area contributed by atoms with Crippen molar-refractivity contribution < 1.29 is 19.4 Å². The van der Waals surface area contributed by atoms with E-state index in [0.717, 1.165) is 12.8 Å². The molecule has 1 fully saturated rings. The predicted molar refractivity (Wildman–Crippen MR) is 111 cm³/mol. The van der Waals surface area contributed by atoms with E-state index >= 15 is 0 Å². The van der Waals surface area contributed by atoms with Gasteiger partial charge in [0.1, 0.15) is 0 Å². The molecule has 0 bridgehead atoms. The molecule has 0 saturated heterocycles. The number of nitro groups is 2. The highest BCUT2D eigenvalue weighted by Crippen LogP contribution is 2.32. The molecular formula is C21H22N4O6. The zero-order valence-electron chi connectivity index (χ0n) is 16.7. The van der Waals surface area contributed by atoms with E-state index in [1.165, 1.54) is 24.3 Å². The number of carbonyl (C=O) groups is 2. The van der Waals surface area contributed by atoms with Crippen LogP contribution in [0.15, 0.2) is 48.5 Å². The molecule has 0 heterocycles. The second-order valence-corrected chi connectivity index (χ2v) is 7.52. The third-order valence-corrected chi connectivity index (χ3v) is 5.08. The van der Waals surface area contributed by atoms with Gasteiger partial charge >= 0.3 is 0 Å². The number of benzene rings is 2. The van der Waals surface area contributed by atoms with Gasteiger partial charge in [-0.2, -0.15) is 0 Å². The van der Waals surface area contributed by atoms with E-state index < -0.39 is 9.85 Å². The molecule has 3 rings (SSSR count). The van der Waals surface area contributed by atoms with Crippen LogP contribution in [0, 0.1) is 26.1 Å². The lowest BCUT2D eigenvalue weighted by molar-refractivity contribution is -0.385. The monoisotopic (exact) mass is 426 g/mol. The van der Waals surface area contributed by atoms with Gasteiger partial charge in [0.25, 0.3) is 11.4 Å². The Labute approximate surface area is 177 Å². The number of nitro benzene ring substituents is 2. The Kier molecular flexibility index (Phi) is 6.91. The molecule has 0 aromatic heterocycles. The van der Waals surface area contributed by atoms with E-state index in [4.69, 9.17) is 0 Å². The van der Waals surface area contributed by atoms with Crippen LogP contribution in [-0.4, -0.2) is 34.2 Å². The van der Waals surface area contributed by atoms with Crippen LogP contribution in [0.4, 0.5) is 11.4 Å². The van der Waals surface area contributed by atoms with E-state index in [9.17, 15) is 29.8 Å². The Morgan fingerprint density at radius 1 is 0.839 bits per heavy atom. The molecule has 2 N–H and O–H groups in total. The van der Waals surface area contributed by atoms with E-state index in [2.05, 4.69) is 10.6 Å². The molecule has 2 amide bonds. The topological polar surface area (TPSA) is 144 Å². The SMILES string of the molecule is O=C(Cc1ccc([N+](=O)[O-])cc1)NCC(NC(=O)Cc1ccc([N+](=O)[O-])cc1)C1CC1. The number of nitrogens with one attached hydrogen (secondary N) is 2. The molecule has 1 saturated carbocycles. The van der Waals surface area contributed by atoms with Gasteiger partial charge in [-0.25, -0.2) is 0 Å². The number of hydrogen-bond acceptors (Lipinski definition) is 6. The summed E-state index contributed by atoms with van der Waals surface area (Å²) in [6, 6.07) is 11.4. The third kappa shape index (κ3) is 6.59. The van der Waals surface area contributed by atoms with Crippen molar-refractivity contribution in [3.05, 3.63) is 79.9 Å². The maximum Gasteiger partial charge on any atom is 0.269 e. The van der Waals surface area contributed by atoms with E-state index in [0.29, 0.717) is 23.6 Å². The fourth-order valence-electron chi connectivity index (χ4n) is 3.22. The number of amides is 2. The molecule has 0 spiro atoms. The maximum atomic E-state index is 12.4. The van der Waals surface area contributed by atoms with Crippen molar-refractivity contribution in [2.75, 3.05) is 6.54 Å². The fourth-order valence-corrected chi connectivity index (χ4v) is 3.22. The Bertz CT molecular complexity index is 970. The zero-order chi connectivity index (χ0) is 22.4. The average molecular weight is 426 g/mol. The summed E-state index contributed by atoms with van der Waals surface area (Å²) in [7, 11) is 0. The normalized spacial score (nSPS) is 13.8. The Morgan fingerprint density at radius 3 is 1.71 bits per heavy atom. The summed E-state index contributed by atoms with van der Waals surface area (Å²) < 4.78 is 0. The van der Waals surface area contributed by atoms with Crippen molar-refractivity contribution in [3.8, 4) is 0 Å². The van der Waals surface area contributed by atoms with Gasteiger partial charge in [0.05, 0.1) is 22.7 Å². The lowest BCUT2D eigenvalue weighted by Gasteiger charge is -2.19. The number of nitrogens with zero attached hydrogens (tertiary/aromatic N) is 2. The van der Waals surface area contributed by atoms with Crippen molar-refractivity contribution in [1.29, 1.82) is 0 Å². The molecular weight excluding hydrogens is 404 g/mol. The largest absolute Gasteiger partial charge is 0.354 e. The standard InChI is InChI=1S/C21H22N4O6/c26-20(11-14-1-7-17(8-2-14)24(28)29)22-13-19(16-5-6-16)23-21(27)12-15-3-9-18(10-4-15)25(30)31/h1-4,7-10,16,19H,5-6,11-13H2,(H,22,26)(H,23,27). The van der Waals surface area contributed by atoms with Crippen molar-refractivity contribution >= 4 is 23.2 Å². The smallest absolute Gasteiger partial charge is 0.269 e. The summed E-state index contributed by atoms with van der Waals surface area (Å²) in [6.07, 6.45) is 2.13. The van der Waals surface area contributed by atoms with Crippen LogP contribution in [0.5, 0.6) is 0 Å². The number of non-ortho nitro benzene ring substituents is 2. The van der Waals surface area contributed by atoms with Crippen LogP contribution in [0.25, 0.3) is 0 Å². The second kappa shape index (κ2) is 9.79. The number of hydrogen-bond donors (Lipinski definition) is 2. The van der Waals surface area contributed by atoms with Gasteiger partial charge in [-0.1, -0.05) is 24.3 Å². The summed E-state index contributed by atoms with van der Waals surface area (Å²) in [6.45, 7) is 0.294. The molecule has 0 aliphatic heterocycles. The molecule has 0 radical (unpaired) electrons. The average Bonchev–Trinajstić information content (AvgIpc) is 3.57. The van der Waals surface area contributed by atoms with E-state index in [1.807, 2.05) is 0 Å². The van der Waals surface area contributed by atoms with Gasteiger partial charge in [-0.15, -0.1) is 0 Å². The van der Waals surface area contributed by atoms with Crippen LogP contribution < -0.4 is 10.6 Å². The zero-order valence-corrected chi connectivity index (χ0v) is 16.7. The van der Waals surface area contributed by atoms with Crippen LogP contribution in [0.2, 0.25) is 0 Å². The van der Waals surface area contributed by atoms with Gasteiger partial charge in [0.15, 0.2) is 0 Å². The van der Waals surface area contributed by atoms with E-state index in [1.54, 1.807) is 24.3 Å². The summed E-state index contributed by atoms with van der Waals surface area (Å²) in [5.41, 5.74) is 1.26. The summed E-state index contributed by atoms with van der Waals surface area (Å²) in [4.78, 5) is 45.0. The lowest BCUT2D eigenvalue weighted by atomic mass is 10.1. The van der Waals surface area contributed by atoms with Gasteiger partial charge in [0, 0.05) is 36.9 Å². The molecule has 31 heavy (non-hydrogen) atoms. The lowest BCUT2D eigenvalue weighted by Crippen LogP contribution is -2.45. The van der Waals surface area contributed by atoms with Gasteiger partial charge in [0.2, 0.25) is 11.8 Å². The highest BCUT2D eigenvalue weighted by atomic mass is 16.6.